The summed E-state index contributed by atoms with van der Waals surface area (Å²) in [5.74, 6) is -0.292. The summed E-state index contributed by atoms with van der Waals surface area (Å²) in [4.78, 5) is 23.3. The van der Waals surface area contributed by atoms with Gasteiger partial charge in [-0.3, -0.25) is 10.1 Å². The van der Waals surface area contributed by atoms with Crippen molar-refractivity contribution in [2.75, 3.05) is 6.54 Å². The van der Waals surface area contributed by atoms with Gasteiger partial charge in [-0.25, -0.2) is 4.79 Å². The summed E-state index contributed by atoms with van der Waals surface area (Å²) in [5.41, 5.74) is 0. The van der Waals surface area contributed by atoms with Crippen molar-refractivity contribution in [2.24, 2.45) is 0 Å². The van der Waals surface area contributed by atoms with Crippen LogP contribution in [0.4, 0.5) is 4.79 Å². The van der Waals surface area contributed by atoms with Gasteiger partial charge >= 0.3 is 6.03 Å². The molecule has 0 aromatic rings. The summed E-state index contributed by atoms with van der Waals surface area (Å²) < 4.78 is 0. The molecule has 0 spiro atoms. The molecule has 0 radical (unpaired) electrons. The lowest BCUT2D eigenvalue weighted by Gasteiger charge is -2.26. The number of hydrogen-bond donors (Lipinski definition) is 1. The van der Waals surface area contributed by atoms with Gasteiger partial charge in [0, 0.05) is 0 Å². The predicted molar refractivity (Wildman–Crippen MR) is 63.7 cm³/mol. The molecule has 92 valence electrons. The summed E-state index contributed by atoms with van der Waals surface area (Å²) in [7, 11) is 0. The van der Waals surface area contributed by atoms with Crippen molar-refractivity contribution in [1.82, 2.24) is 10.2 Å². The molecule has 1 saturated heterocycles. The van der Waals surface area contributed by atoms with E-state index in [1.807, 2.05) is 0 Å². The largest absolute Gasteiger partial charge is 0.324 e. The van der Waals surface area contributed by atoms with E-state index < -0.39 is 10.9 Å². The third-order valence-corrected chi connectivity index (χ3v) is 3.20. The normalized spacial score (nSPS) is 18.1. The van der Waals surface area contributed by atoms with Crippen LogP contribution in [-0.2, 0) is 4.79 Å². The fraction of sp³-hybridized carbons (Fsp3) is 0.800. The lowest BCUT2D eigenvalue weighted by atomic mass is 10.1. The highest BCUT2D eigenvalue weighted by atomic mass is 35.5. The number of carbonyl (C=O) groups excluding carboxylic acids is 2. The van der Waals surface area contributed by atoms with Crippen LogP contribution in [0.1, 0.15) is 32.6 Å². The summed E-state index contributed by atoms with van der Waals surface area (Å²) in [6.45, 7) is 2.16. The highest BCUT2D eigenvalue weighted by Gasteiger charge is 2.35. The number of carbonyl (C=O) groups is 2. The predicted octanol–water partition coefficient (Wildman–Crippen LogP) is 2.29. The number of imide groups is 1. The maximum absolute atomic E-state index is 11.4. The third kappa shape index (κ3) is 3.52. The molecule has 1 fully saturated rings. The highest BCUT2D eigenvalue weighted by Crippen LogP contribution is 2.22. The Morgan fingerprint density at radius 1 is 1.38 bits per heavy atom. The van der Waals surface area contributed by atoms with Gasteiger partial charge in [0.2, 0.25) is 5.91 Å². The zero-order valence-corrected chi connectivity index (χ0v) is 10.7. The SMILES string of the molecule is CCCCCC(C(Cl)Cl)N1CC(=O)NC1=O. The molecular weight excluding hydrogens is 251 g/mol. The van der Waals surface area contributed by atoms with Gasteiger partial charge in [-0.2, -0.15) is 0 Å². The zero-order chi connectivity index (χ0) is 12.1. The van der Waals surface area contributed by atoms with Crippen molar-refractivity contribution in [1.29, 1.82) is 0 Å². The van der Waals surface area contributed by atoms with Crippen LogP contribution in [0.2, 0.25) is 0 Å². The van der Waals surface area contributed by atoms with Crippen molar-refractivity contribution in [2.45, 2.75) is 43.5 Å². The summed E-state index contributed by atoms with van der Waals surface area (Å²) in [5, 5.41) is 2.22. The van der Waals surface area contributed by atoms with Crippen molar-refractivity contribution < 1.29 is 9.59 Å². The first-order valence-electron chi connectivity index (χ1n) is 5.44. The Labute approximate surface area is 105 Å². The Morgan fingerprint density at radius 3 is 2.50 bits per heavy atom. The van der Waals surface area contributed by atoms with E-state index in [1.54, 1.807) is 0 Å². The number of rotatable bonds is 6. The molecule has 6 heteroatoms. The van der Waals surface area contributed by atoms with Gasteiger partial charge < -0.3 is 4.90 Å². The van der Waals surface area contributed by atoms with Gasteiger partial charge in [0.15, 0.2) is 0 Å². The maximum atomic E-state index is 11.4. The Hall–Kier alpha value is -0.480. The molecule has 0 saturated carbocycles. The van der Waals surface area contributed by atoms with Crippen LogP contribution in [0.5, 0.6) is 0 Å². The maximum Gasteiger partial charge on any atom is 0.324 e. The van der Waals surface area contributed by atoms with Gasteiger partial charge in [0.1, 0.15) is 11.4 Å². The molecular formula is C10H16Cl2N2O2. The fourth-order valence-corrected chi connectivity index (χ4v) is 2.27. The monoisotopic (exact) mass is 266 g/mol. The second-order valence-electron chi connectivity index (χ2n) is 3.88. The number of alkyl halides is 2. The van der Waals surface area contributed by atoms with Gasteiger partial charge in [0.25, 0.3) is 0 Å². The molecule has 1 unspecified atom stereocenters. The number of urea groups is 1. The molecule has 1 aliphatic heterocycles. The van der Waals surface area contributed by atoms with Crippen molar-refractivity contribution in [3.63, 3.8) is 0 Å². The molecule has 3 amide bonds. The van der Waals surface area contributed by atoms with Gasteiger partial charge in [-0.1, -0.05) is 26.2 Å². The van der Waals surface area contributed by atoms with E-state index in [2.05, 4.69) is 12.2 Å². The van der Waals surface area contributed by atoms with Crippen molar-refractivity contribution in [3.05, 3.63) is 0 Å². The van der Waals surface area contributed by atoms with E-state index in [4.69, 9.17) is 23.2 Å². The molecule has 0 aliphatic carbocycles. The van der Waals surface area contributed by atoms with Gasteiger partial charge in [-0.15, -0.1) is 23.2 Å². The zero-order valence-electron chi connectivity index (χ0n) is 9.21. The van der Waals surface area contributed by atoms with Crippen molar-refractivity contribution >= 4 is 35.1 Å². The lowest BCUT2D eigenvalue weighted by molar-refractivity contribution is -0.118. The summed E-state index contributed by atoms with van der Waals surface area (Å²) in [6, 6.07) is -0.667. The van der Waals surface area contributed by atoms with E-state index >= 15 is 0 Å². The Morgan fingerprint density at radius 2 is 2.06 bits per heavy atom. The van der Waals surface area contributed by atoms with Crippen LogP contribution in [-0.4, -0.2) is 34.3 Å². The number of nitrogens with one attached hydrogen (secondary N) is 1. The Balaban J connectivity index is 2.55. The van der Waals surface area contributed by atoms with Crippen LogP contribution in [0.25, 0.3) is 0 Å². The van der Waals surface area contributed by atoms with E-state index in [9.17, 15) is 9.59 Å². The molecule has 1 aliphatic rings. The van der Waals surface area contributed by atoms with E-state index in [0.29, 0.717) is 0 Å². The minimum absolute atomic E-state index is 0.0611. The molecule has 16 heavy (non-hydrogen) atoms. The summed E-state index contributed by atoms with van der Waals surface area (Å²) >= 11 is 11.7. The van der Waals surface area contributed by atoms with Crippen LogP contribution in [0, 0.1) is 0 Å². The van der Waals surface area contributed by atoms with Gasteiger partial charge in [0.05, 0.1) is 6.04 Å². The minimum atomic E-state index is -0.659. The van der Waals surface area contributed by atoms with Gasteiger partial charge in [-0.05, 0) is 6.42 Å². The van der Waals surface area contributed by atoms with E-state index in [0.717, 1.165) is 25.7 Å². The average Bonchev–Trinajstić information content (AvgIpc) is 2.52. The molecule has 4 nitrogen and oxygen atoms in total. The number of unbranched alkanes of at least 4 members (excludes halogenated alkanes) is 2. The van der Waals surface area contributed by atoms with E-state index in [-0.39, 0.29) is 18.5 Å². The number of nitrogens with zero attached hydrogens (tertiary/aromatic N) is 1. The standard InChI is InChI=1S/C10H16Cl2N2O2/c1-2-3-4-5-7(9(11)12)14-6-8(15)13-10(14)16/h7,9H,2-6H2,1H3,(H,13,15,16). The number of halogens is 2. The highest BCUT2D eigenvalue weighted by molar-refractivity contribution is 6.44. The van der Waals surface area contributed by atoms with Crippen molar-refractivity contribution in [3.8, 4) is 0 Å². The second-order valence-corrected chi connectivity index (χ2v) is 5.04. The molecule has 0 aromatic carbocycles. The minimum Gasteiger partial charge on any atom is -0.309 e. The third-order valence-electron chi connectivity index (χ3n) is 2.62. The first-order chi connectivity index (χ1) is 7.56. The molecule has 1 rings (SSSR count). The molecule has 1 N–H and O–H groups in total. The average molecular weight is 267 g/mol. The topological polar surface area (TPSA) is 49.4 Å². The first-order valence-corrected chi connectivity index (χ1v) is 6.32. The molecule has 0 bridgehead atoms. The number of amides is 3. The fourth-order valence-electron chi connectivity index (χ4n) is 1.75. The van der Waals surface area contributed by atoms with Crippen LogP contribution >= 0.6 is 23.2 Å². The Kier molecular flexibility index (Phi) is 5.35. The first kappa shape index (κ1) is 13.6. The van der Waals surface area contributed by atoms with Crippen LogP contribution in [0.15, 0.2) is 0 Å². The Bertz CT molecular complexity index is 272. The molecule has 0 aromatic heterocycles. The number of hydrogen-bond acceptors (Lipinski definition) is 2. The summed E-state index contributed by atoms with van der Waals surface area (Å²) in [6.07, 6.45) is 3.84. The lowest BCUT2D eigenvalue weighted by Crippen LogP contribution is -2.41. The quantitative estimate of drug-likeness (QED) is 0.456. The smallest absolute Gasteiger partial charge is 0.309 e. The van der Waals surface area contributed by atoms with Crippen LogP contribution in [0.3, 0.4) is 0 Å². The molecule has 1 heterocycles. The van der Waals surface area contributed by atoms with E-state index in [1.165, 1.54) is 4.90 Å². The van der Waals surface area contributed by atoms with Crippen LogP contribution < -0.4 is 5.32 Å². The molecule has 1 atom stereocenters. The second kappa shape index (κ2) is 6.30.